The molecule has 1 fully saturated rings. The molecule has 1 aliphatic rings. The molecule has 0 N–H and O–H groups in total. The van der Waals surface area contributed by atoms with Crippen molar-refractivity contribution in [2.75, 3.05) is 12.8 Å². The van der Waals surface area contributed by atoms with Crippen molar-refractivity contribution in [1.29, 1.82) is 0 Å². The number of carbonyl (C=O) groups excluding carboxylic acids is 3. The second-order valence-corrected chi connectivity index (χ2v) is 14.8. The van der Waals surface area contributed by atoms with E-state index in [1.807, 2.05) is 32.6 Å². The Morgan fingerprint density at radius 3 is 1.79 bits per heavy atom. The van der Waals surface area contributed by atoms with Crippen LogP contribution in [0.3, 0.4) is 0 Å². The van der Waals surface area contributed by atoms with Gasteiger partial charge in [0.1, 0.15) is 6.04 Å². The summed E-state index contributed by atoms with van der Waals surface area (Å²) in [6.07, 6.45) is 0. The van der Waals surface area contributed by atoms with Gasteiger partial charge in [0, 0.05) is 29.7 Å². The molecule has 5 nitrogen and oxygen atoms in total. The van der Waals surface area contributed by atoms with Crippen molar-refractivity contribution in [2.45, 2.75) is 119 Å². The third kappa shape index (κ3) is 4.88. The van der Waals surface area contributed by atoms with Crippen LogP contribution >= 0.6 is 11.8 Å². The average Bonchev–Trinajstić information content (AvgIpc) is 2.77. The molecule has 0 aliphatic carbocycles. The van der Waals surface area contributed by atoms with Crippen LogP contribution in [0, 0.1) is 22.2 Å². The van der Waals surface area contributed by atoms with Gasteiger partial charge in [-0.15, -0.1) is 0 Å². The second kappa shape index (κ2) is 9.20. The Morgan fingerprint density at radius 1 is 0.939 bits per heavy atom. The number of Topliss-reactive ketones (excluding diaryl/α,β-unsaturated/α-hetero) is 1. The lowest BCUT2D eigenvalue weighted by Crippen LogP contribution is -2.62. The van der Waals surface area contributed by atoms with Gasteiger partial charge in [0.05, 0.1) is 11.0 Å². The minimum absolute atomic E-state index is 0.000887. The number of likely N-dealkylation sites (tertiary alicyclic amines) is 1. The molecule has 1 atom stereocenters. The number of nitrogens with zero attached hydrogens (tertiary/aromatic N) is 2. The van der Waals surface area contributed by atoms with E-state index in [1.165, 1.54) is 0 Å². The normalized spacial score (nSPS) is 22.1. The highest BCUT2D eigenvalue weighted by Crippen LogP contribution is 2.60. The first-order valence-corrected chi connectivity index (χ1v) is 13.3. The summed E-state index contributed by atoms with van der Waals surface area (Å²) in [6.45, 7) is 28.2. The SMILES string of the molecule is CC(C)SCC(C)(C)C(=O)N1[C@H](C(=O)N(C)C(C)(C)C(=O)C(C)C)C(C)(C)C(C)(C)C1(C)C. The summed E-state index contributed by atoms with van der Waals surface area (Å²) in [7, 11) is 1.71. The van der Waals surface area contributed by atoms with Gasteiger partial charge in [0.2, 0.25) is 11.8 Å². The first-order valence-electron chi connectivity index (χ1n) is 12.3. The van der Waals surface area contributed by atoms with Crippen molar-refractivity contribution in [3.63, 3.8) is 0 Å². The minimum Gasteiger partial charge on any atom is -0.332 e. The molecule has 1 rings (SSSR count). The van der Waals surface area contributed by atoms with Crippen LogP contribution in [0.4, 0.5) is 0 Å². The van der Waals surface area contributed by atoms with Gasteiger partial charge in [0.25, 0.3) is 0 Å². The van der Waals surface area contributed by atoms with Gasteiger partial charge >= 0.3 is 0 Å². The van der Waals surface area contributed by atoms with Crippen molar-refractivity contribution in [1.82, 2.24) is 9.80 Å². The predicted octanol–water partition coefficient (Wildman–Crippen LogP) is 5.66. The first kappa shape index (κ1) is 30.0. The Bertz CT molecular complexity index is 778. The molecule has 1 heterocycles. The molecular formula is C27H50N2O3S. The highest BCUT2D eigenvalue weighted by Gasteiger charge is 2.68. The van der Waals surface area contributed by atoms with Gasteiger partial charge in [-0.25, -0.2) is 0 Å². The van der Waals surface area contributed by atoms with E-state index in [9.17, 15) is 14.4 Å². The Kier molecular flexibility index (Phi) is 8.36. The van der Waals surface area contributed by atoms with E-state index in [1.54, 1.807) is 37.6 Å². The van der Waals surface area contributed by atoms with Crippen molar-refractivity contribution >= 4 is 29.4 Å². The fourth-order valence-electron chi connectivity index (χ4n) is 4.96. The van der Waals surface area contributed by atoms with Crippen LogP contribution in [-0.4, -0.2) is 62.6 Å². The van der Waals surface area contributed by atoms with Gasteiger partial charge < -0.3 is 9.80 Å². The Morgan fingerprint density at radius 2 is 1.39 bits per heavy atom. The van der Waals surface area contributed by atoms with Gasteiger partial charge in [-0.05, 0) is 38.4 Å². The van der Waals surface area contributed by atoms with E-state index >= 15 is 0 Å². The predicted molar refractivity (Wildman–Crippen MR) is 140 cm³/mol. The third-order valence-corrected chi connectivity index (χ3v) is 10.3. The molecule has 1 aliphatic heterocycles. The summed E-state index contributed by atoms with van der Waals surface area (Å²) in [5, 5.41) is 0.419. The number of hydrogen-bond acceptors (Lipinski definition) is 4. The third-order valence-electron chi connectivity index (χ3n) is 8.79. The largest absolute Gasteiger partial charge is 0.332 e. The monoisotopic (exact) mass is 482 g/mol. The summed E-state index contributed by atoms with van der Waals surface area (Å²) in [4.78, 5) is 44.8. The lowest BCUT2D eigenvalue weighted by molar-refractivity contribution is -0.158. The van der Waals surface area contributed by atoms with Crippen LogP contribution in [-0.2, 0) is 14.4 Å². The highest BCUT2D eigenvalue weighted by atomic mass is 32.2. The number of carbonyl (C=O) groups is 3. The topological polar surface area (TPSA) is 57.7 Å². The zero-order valence-electron chi connectivity index (χ0n) is 24.0. The van der Waals surface area contributed by atoms with Crippen molar-refractivity contribution < 1.29 is 14.4 Å². The molecule has 0 aromatic carbocycles. The Labute approximate surface area is 207 Å². The molecular weight excluding hydrogens is 432 g/mol. The lowest BCUT2D eigenvalue weighted by atomic mass is 9.60. The van der Waals surface area contributed by atoms with E-state index in [2.05, 4.69) is 55.4 Å². The molecule has 0 aromatic rings. The number of hydrogen-bond donors (Lipinski definition) is 0. The molecule has 192 valence electrons. The standard InChI is InChI=1S/C27H50N2O3S/c1-17(2)20(30)25(9,10)28(15)21(31)19-24(7,8)26(11,12)27(13,14)29(19)22(32)23(5,6)16-33-18(3)4/h17-19H,16H2,1-15H3/t19-/m1/s1. The molecule has 0 radical (unpaired) electrons. The summed E-state index contributed by atoms with van der Waals surface area (Å²) in [5.74, 6) is 0.339. The summed E-state index contributed by atoms with van der Waals surface area (Å²) in [6, 6.07) is -0.664. The van der Waals surface area contributed by atoms with Gasteiger partial charge in [-0.3, -0.25) is 14.4 Å². The van der Waals surface area contributed by atoms with Crippen molar-refractivity contribution in [2.24, 2.45) is 22.2 Å². The van der Waals surface area contributed by atoms with Crippen LogP contribution in [0.1, 0.15) is 96.9 Å². The van der Waals surface area contributed by atoms with Gasteiger partial charge in [0.15, 0.2) is 5.78 Å². The molecule has 0 spiro atoms. The number of amides is 2. The number of ketones is 1. The van der Waals surface area contributed by atoms with Gasteiger partial charge in [-0.1, -0.05) is 69.2 Å². The quantitative estimate of drug-likeness (QED) is 0.448. The smallest absolute Gasteiger partial charge is 0.246 e. The van der Waals surface area contributed by atoms with E-state index in [0.717, 1.165) is 0 Å². The second-order valence-electron chi connectivity index (χ2n) is 13.2. The van der Waals surface area contributed by atoms with Crippen LogP contribution in [0.25, 0.3) is 0 Å². The van der Waals surface area contributed by atoms with E-state index in [4.69, 9.17) is 0 Å². The number of rotatable bonds is 8. The summed E-state index contributed by atoms with van der Waals surface area (Å²) in [5.41, 5.74) is -2.99. The molecule has 2 amide bonds. The van der Waals surface area contributed by atoms with Crippen LogP contribution in [0.5, 0.6) is 0 Å². The lowest BCUT2D eigenvalue weighted by Gasteiger charge is -2.46. The van der Waals surface area contributed by atoms with E-state index in [-0.39, 0.29) is 28.9 Å². The van der Waals surface area contributed by atoms with Crippen molar-refractivity contribution in [3.8, 4) is 0 Å². The molecule has 6 heteroatoms. The molecule has 0 bridgehead atoms. The molecule has 0 aromatic heterocycles. The first-order chi connectivity index (χ1) is 14.5. The minimum atomic E-state index is -0.962. The summed E-state index contributed by atoms with van der Waals surface area (Å²) < 4.78 is 0. The maximum atomic E-state index is 14.2. The van der Waals surface area contributed by atoms with Crippen molar-refractivity contribution in [3.05, 3.63) is 0 Å². The molecule has 33 heavy (non-hydrogen) atoms. The van der Waals surface area contributed by atoms with Gasteiger partial charge in [-0.2, -0.15) is 11.8 Å². The molecule has 0 saturated carbocycles. The zero-order chi connectivity index (χ0) is 26.5. The average molecular weight is 483 g/mol. The Balaban J connectivity index is 3.63. The zero-order valence-corrected chi connectivity index (χ0v) is 24.8. The molecule has 1 saturated heterocycles. The van der Waals surface area contributed by atoms with E-state index in [0.29, 0.717) is 11.0 Å². The number of thioether (sulfide) groups is 1. The van der Waals surface area contributed by atoms with Crippen LogP contribution in [0.2, 0.25) is 0 Å². The Hall–Kier alpha value is -1.04. The maximum Gasteiger partial charge on any atom is 0.246 e. The van der Waals surface area contributed by atoms with Crippen LogP contribution < -0.4 is 0 Å². The fraction of sp³-hybridized carbons (Fsp3) is 0.889. The molecule has 0 unspecified atom stereocenters. The fourth-order valence-corrected chi connectivity index (χ4v) is 5.83. The maximum absolute atomic E-state index is 14.2. The summed E-state index contributed by atoms with van der Waals surface area (Å²) >= 11 is 1.77. The van der Waals surface area contributed by atoms with E-state index < -0.39 is 27.9 Å². The van der Waals surface area contributed by atoms with Crippen LogP contribution in [0.15, 0.2) is 0 Å². The number of likely N-dealkylation sites (N-methyl/N-ethyl adjacent to an activating group) is 1. The highest BCUT2D eigenvalue weighted by molar-refractivity contribution is 7.99.